The van der Waals surface area contributed by atoms with Crippen LogP contribution in [0.1, 0.15) is 65.2 Å². The molecule has 4 heteroatoms. The number of nitrogens with zero attached hydrogens (tertiary/aromatic N) is 2. The van der Waals surface area contributed by atoms with Crippen molar-refractivity contribution in [3.05, 3.63) is 30.4 Å². The summed E-state index contributed by atoms with van der Waals surface area (Å²) in [5.74, 6) is 3.49. The topological polar surface area (TPSA) is 55.1 Å². The Morgan fingerprint density at radius 3 is 2.86 bits per heavy atom. The van der Waals surface area contributed by atoms with Crippen LogP contribution in [0, 0.1) is 35.0 Å². The molecule has 0 saturated heterocycles. The molecule has 5 rings (SSSR count). The first-order valence-corrected chi connectivity index (χ1v) is 11.3. The number of fused-ring (bicyclic) bond motifs is 5. The molecule has 4 aliphatic carbocycles. The summed E-state index contributed by atoms with van der Waals surface area (Å²) in [6.45, 7) is 4.90. The van der Waals surface area contributed by atoms with Crippen molar-refractivity contribution in [2.24, 2.45) is 35.0 Å². The first kappa shape index (κ1) is 18.6. The summed E-state index contributed by atoms with van der Waals surface area (Å²) in [7, 11) is 0. The summed E-state index contributed by atoms with van der Waals surface area (Å²) in [6, 6.07) is 0. The summed E-state index contributed by atoms with van der Waals surface area (Å²) < 4.78 is 1.92. The first-order chi connectivity index (χ1) is 13.4. The summed E-state index contributed by atoms with van der Waals surface area (Å²) >= 11 is 0. The van der Waals surface area contributed by atoms with Crippen molar-refractivity contribution in [3.8, 4) is 0 Å². The van der Waals surface area contributed by atoms with E-state index in [2.05, 4.69) is 18.0 Å². The minimum absolute atomic E-state index is 0.171. The van der Waals surface area contributed by atoms with Crippen LogP contribution < -0.4 is 0 Å². The molecule has 3 saturated carbocycles. The lowest BCUT2D eigenvalue weighted by Crippen LogP contribution is -2.48. The molecule has 0 unspecified atom stereocenters. The van der Waals surface area contributed by atoms with Crippen LogP contribution >= 0.6 is 0 Å². The van der Waals surface area contributed by atoms with Gasteiger partial charge in [0.2, 0.25) is 0 Å². The zero-order valence-electron chi connectivity index (χ0n) is 17.3. The molecular formula is C24H34N2O2. The summed E-state index contributed by atoms with van der Waals surface area (Å²) in [5.41, 5.74) is 1.20. The molecule has 0 radical (unpaired) electrons. The van der Waals surface area contributed by atoms with Gasteiger partial charge in [-0.25, -0.2) is 4.98 Å². The van der Waals surface area contributed by atoms with E-state index < -0.39 is 5.60 Å². The molecule has 0 aliphatic heterocycles. The van der Waals surface area contributed by atoms with Crippen LogP contribution in [-0.2, 0) is 11.3 Å². The Kier molecular flexibility index (Phi) is 4.35. The molecular weight excluding hydrogens is 348 g/mol. The number of carbonyl (C=O) groups excluding carboxylic acids is 1. The molecule has 0 amide bonds. The third kappa shape index (κ3) is 2.91. The van der Waals surface area contributed by atoms with Gasteiger partial charge < -0.3 is 9.67 Å². The predicted molar refractivity (Wildman–Crippen MR) is 108 cm³/mol. The Balaban J connectivity index is 1.35. The van der Waals surface area contributed by atoms with Gasteiger partial charge in [0.25, 0.3) is 0 Å². The third-order valence-electron chi connectivity index (χ3n) is 9.00. The Morgan fingerprint density at radius 2 is 2.07 bits per heavy atom. The van der Waals surface area contributed by atoms with Crippen molar-refractivity contribution in [2.75, 3.05) is 0 Å². The van der Waals surface area contributed by atoms with Gasteiger partial charge in [0.05, 0.1) is 18.5 Å². The molecule has 0 bridgehead atoms. The maximum atomic E-state index is 13.1. The summed E-state index contributed by atoms with van der Waals surface area (Å²) in [5, 5.41) is 10.5. The van der Waals surface area contributed by atoms with Crippen LogP contribution in [0.5, 0.6) is 0 Å². The van der Waals surface area contributed by atoms with E-state index in [1.807, 2.05) is 17.7 Å². The molecule has 0 spiro atoms. The number of aromatic nitrogens is 2. The second-order valence-corrected chi connectivity index (χ2v) is 10.6. The van der Waals surface area contributed by atoms with Gasteiger partial charge in [0, 0.05) is 18.3 Å². The number of ketones is 1. The standard InChI is InChI=1S/C24H34N2O2/c1-23(28)9-7-17-16(13-23)3-4-19-18(17)8-10-24(2)20(19)5-6-21(24)22(27)14-26-12-11-25-15-26/h3,11-12,15,17-21,28H,4-10,13-14H2,1-2H3/t17-,18+,19+,20-,21+,23-,24-/m0/s1. The molecule has 0 aromatic carbocycles. The number of aliphatic hydroxyl groups is 1. The lowest BCUT2D eigenvalue weighted by atomic mass is 9.51. The van der Waals surface area contributed by atoms with Gasteiger partial charge >= 0.3 is 0 Å². The first-order valence-electron chi connectivity index (χ1n) is 11.3. The van der Waals surface area contributed by atoms with Crippen molar-refractivity contribution >= 4 is 5.78 Å². The highest BCUT2D eigenvalue weighted by Crippen LogP contribution is 2.63. The Hall–Kier alpha value is -1.42. The van der Waals surface area contributed by atoms with Crippen molar-refractivity contribution in [3.63, 3.8) is 0 Å². The zero-order valence-corrected chi connectivity index (χ0v) is 17.3. The highest BCUT2D eigenvalue weighted by atomic mass is 16.3. The number of hydrogen-bond donors (Lipinski definition) is 1. The maximum absolute atomic E-state index is 13.1. The minimum atomic E-state index is -0.503. The van der Waals surface area contributed by atoms with E-state index >= 15 is 0 Å². The van der Waals surface area contributed by atoms with Crippen LogP contribution in [-0.4, -0.2) is 26.0 Å². The lowest BCUT2D eigenvalue weighted by molar-refractivity contribution is -0.129. The van der Waals surface area contributed by atoms with E-state index in [-0.39, 0.29) is 11.3 Å². The lowest BCUT2D eigenvalue weighted by Gasteiger charge is -2.54. The number of rotatable bonds is 3. The van der Waals surface area contributed by atoms with Gasteiger partial charge in [-0.3, -0.25) is 4.79 Å². The van der Waals surface area contributed by atoms with Gasteiger partial charge in [-0.1, -0.05) is 18.6 Å². The van der Waals surface area contributed by atoms with Crippen LogP contribution in [0.4, 0.5) is 0 Å². The molecule has 3 fully saturated rings. The monoisotopic (exact) mass is 382 g/mol. The van der Waals surface area contributed by atoms with Gasteiger partial charge in [-0.05, 0) is 87.4 Å². The molecule has 1 aromatic heterocycles. The van der Waals surface area contributed by atoms with Crippen LogP contribution in [0.3, 0.4) is 0 Å². The van der Waals surface area contributed by atoms with E-state index in [0.29, 0.717) is 24.2 Å². The number of hydrogen-bond acceptors (Lipinski definition) is 3. The van der Waals surface area contributed by atoms with Gasteiger partial charge in [0.1, 0.15) is 0 Å². The number of carbonyl (C=O) groups is 1. The fraction of sp³-hybridized carbons (Fsp3) is 0.750. The van der Waals surface area contributed by atoms with Crippen molar-refractivity contribution in [2.45, 2.75) is 77.4 Å². The Morgan fingerprint density at radius 1 is 1.21 bits per heavy atom. The fourth-order valence-electron chi connectivity index (χ4n) is 7.67. The Labute approximate surface area is 168 Å². The quantitative estimate of drug-likeness (QED) is 0.789. The summed E-state index contributed by atoms with van der Waals surface area (Å²) in [6.07, 6.45) is 16.7. The average Bonchev–Trinajstić information content (AvgIpc) is 3.27. The van der Waals surface area contributed by atoms with Crippen LogP contribution in [0.25, 0.3) is 0 Å². The normalized spacial score (nSPS) is 45.0. The van der Waals surface area contributed by atoms with Crippen LogP contribution in [0.15, 0.2) is 30.4 Å². The molecule has 4 nitrogen and oxygen atoms in total. The number of imidazole rings is 1. The van der Waals surface area contributed by atoms with E-state index in [1.54, 1.807) is 12.5 Å². The molecule has 1 aromatic rings. The summed E-state index contributed by atoms with van der Waals surface area (Å²) in [4.78, 5) is 17.2. The number of allylic oxidation sites excluding steroid dienone is 1. The SMILES string of the molecule is C[C@]1(O)CC[C@H]2C(=CC[C@@H]3[C@@H]2CC[C@]2(C)[C@@H](C(=O)Cn4ccnc4)CC[C@@H]32)C1. The molecule has 4 aliphatic rings. The van der Waals surface area contributed by atoms with Crippen molar-refractivity contribution in [1.29, 1.82) is 0 Å². The molecule has 152 valence electrons. The van der Waals surface area contributed by atoms with Gasteiger partial charge in [-0.15, -0.1) is 0 Å². The molecule has 7 atom stereocenters. The van der Waals surface area contributed by atoms with Crippen molar-refractivity contribution in [1.82, 2.24) is 9.55 Å². The molecule has 28 heavy (non-hydrogen) atoms. The molecule has 1 heterocycles. The van der Waals surface area contributed by atoms with E-state index in [9.17, 15) is 9.90 Å². The minimum Gasteiger partial charge on any atom is -0.390 e. The predicted octanol–water partition coefficient (Wildman–Crippen LogP) is 4.39. The van der Waals surface area contributed by atoms with E-state index in [1.165, 1.54) is 24.8 Å². The Bertz CT molecular complexity index is 781. The van der Waals surface area contributed by atoms with Gasteiger partial charge in [0.15, 0.2) is 5.78 Å². The maximum Gasteiger partial charge on any atom is 0.156 e. The largest absolute Gasteiger partial charge is 0.390 e. The average molecular weight is 383 g/mol. The van der Waals surface area contributed by atoms with Crippen LogP contribution in [0.2, 0.25) is 0 Å². The highest BCUT2D eigenvalue weighted by Gasteiger charge is 2.57. The molecule has 1 N–H and O–H groups in total. The van der Waals surface area contributed by atoms with E-state index in [0.717, 1.165) is 43.9 Å². The second-order valence-electron chi connectivity index (χ2n) is 10.6. The third-order valence-corrected chi connectivity index (χ3v) is 9.00. The highest BCUT2D eigenvalue weighted by molar-refractivity contribution is 5.82. The second kappa shape index (κ2) is 6.55. The zero-order chi connectivity index (χ0) is 19.5. The number of Topliss-reactive ketones (excluding diaryl/α,β-unsaturated/α-hetero) is 1. The van der Waals surface area contributed by atoms with Gasteiger partial charge in [-0.2, -0.15) is 0 Å². The van der Waals surface area contributed by atoms with Crippen molar-refractivity contribution < 1.29 is 9.90 Å². The van der Waals surface area contributed by atoms with E-state index in [4.69, 9.17) is 0 Å². The smallest absolute Gasteiger partial charge is 0.156 e. The fourth-order valence-corrected chi connectivity index (χ4v) is 7.67.